The smallest absolute Gasteiger partial charge is 0.226 e. The first-order valence-electron chi connectivity index (χ1n) is 9.74. The second-order valence-corrected chi connectivity index (χ2v) is 9.85. The van der Waals surface area contributed by atoms with E-state index in [1.165, 1.54) is 22.3 Å². The van der Waals surface area contributed by atoms with E-state index >= 15 is 0 Å². The van der Waals surface area contributed by atoms with Crippen LogP contribution >= 0.6 is 0 Å². The van der Waals surface area contributed by atoms with Crippen molar-refractivity contribution >= 4 is 15.9 Å². The summed E-state index contributed by atoms with van der Waals surface area (Å²) in [5, 5.41) is 0. The largest absolute Gasteiger partial charge is 0.341 e. The van der Waals surface area contributed by atoms with Gasteiger partial charge in [-0.1, -0.05) is 54.1 Å². The fourth-order valence-corrected chi connectivity index (χ4v) is 5.06. The number of likely N-dealkylation sites (tertiary alicyclic amines) is 1. The van der Waals surface area contributed by atoms with Gasteiger partial charge in [0.25, 0.3) is 0 Å². The molecule has 148 valence electrons. The van der Waals surface area contributed by atoms with Crippen molar-refractivity contribution in [3.63, 3.8) is 0 Å². The van der Waals surface area contributed by atoms with Crippen molar-refractivity contribution in [1.29, 1.82) is 0 Å². The van der Waals surface area contributed by atoms with Gasteiger partial charge >= 0.3 is 0 Å². The molecule has 5 nitrogen and oxygen atoms in total. The lowest BCUT2D eigenvalue weighted by Gasteiger charge is -2.17. The summed E-state index contributed by atoms with van der Waals surface area (Å²) in [5.41, 5.74) is 4.83. The van der Waals surface area contributed by atoms with Crippen LogP contribution in [0.4, 0.5) is 0 Å². The number of benzene rings is 2. The highest BCUT2D eigenvalue weighted by Crippen LogP contribution is 2.51. The lowest BCUT2D eigenvalue weighted by Crippen LogP contribution is -2.38. The summed E-state index contributed by atoms with van der Waals surface area (Å²) in [6.45, 7) is 3.17. The molecule has 2 aliphatic rings. The summed E-state index contributed by atoms with van der Waals surface area (Å²) in [4.78, 5) is 14.8. The predicted octanol–water partition coefficient (Wildman–Crippen LogP) is 2.92. The van der Waals surface area contributed by atoms with E-state index in [2.05, 4.69) is 42.0 Å². The maximum absolute atomic E-state index is 13.0. The van der Waals surface area contributed by atoms with Crippen LogP contribution in [-0.4, -0.2) is 44.6 Å². The molecule has 0 radical (unpaired) electrons. The topological polar surface area (TPSA) is 66.5 Å². The van der Waals surface area contributed by atoms with Gasteiger partial charge in [0, 0.05) is 25.0 Å². The van der Waals surface area contributed by atoms with Crippen LogP contribution in [0.25, 0.3) is 11.1 Å². The van der Waals surface area contributed by atoms with Crippen molar-refractivity contribution in [3.05, 3.63) is 59.7 Å². The Balaban J connectivity index is 1.48. The standard InChI is InChI=1S/C22H26N2O3S/c1-15-8-9-18(19(12-15)16-6-4-3-5-7-16)20-13-21(20)22(25)24-11-10-17(14-24)23-28(2,26)27/h3-9,12,17,20-21,23H,10-11,13-14H2,1-2H3. The molecular weight excluding hydrogens is 372 g/mol. The number of amides is 1. The fourth-order valence-electron chi connectivity index (χ4n) is 4.27. The van der Waals surface area contributed by atoms with Crippen LogP contribution in [0.3, 0.4) is 0 Å². The molecule has 0 bridgehead atoms. The molecule has 1 heterocycles. The zero-order valence-corrected chi connectivity index (χ0v) is 17.1. The molecule has 0 spiro atoms. The first kappa shape index (κ1) is 19.2. The Morgan fingerprint density at radius 3 is 2.61 bits per heavy atom. The summed E-state index contributed by atoms with van der Waals surface area (Å²) in [5.74, 6) is 0.398. The summed E-state index contributed by atoms with van der Waals surface area (Å²) in [7, 11) is -3.24. The molecule has 1 N–H and O–H groups in total. The first-order valence-corrected chi connectivity index (χ1v) is 11.6. The van der Waals surface area contributed by atoms with Gasteiger partial charge in [-0.2, -0.15) is 0 Å². The van der Waals surface area contributed by atoms with Gasteiger partial charge in [0.15, 0.2) is 0 Å². The second kappa shape index (κ2) is 7.33. The van der Waals surface area contributed by atoms with Crippen LogP contribution in [-0.2, 0) is 14.8 Å². The number of carbonyl (C=O) groups is 1. The van der Waals surface area contributed by atoms with E-state index in [-0.39, 0.29) is 23.8 Å². The number of sulfonamides is 1. The van der Waals surface area contributed by atoms with Gasteiger partial charge < -0.3 is 4.90 Å². The highest BCUT2D eigenvalue weighted by molar-refractivity contribution is 7.88. The van der Waals surface area contributed by atoms with E-state index in [0.29, 0.717) is 19.5 Å². The van der Waals surface area contributed by atoms with Gasteiger partial charge in [-0.15, -0.1) is 0 Å². The Hall–Kier alpha value is -2.18. The van der Waals surface area contributed by atoms with Crippen molar-refractivity contribution < 1.29 is 13.2 Å². The zero-order valence-electron chi connectivity index (χ0n) is 16.3. The minimum Gasteiger partial charge on any atom is -0.341 e. The van der Waals surface area contributed by atoms with Crippen LogP contribution < -0.4 is 4.72 Å². The Morgan fingerprint density at radius 2 is 1.89 bits per heavy atom. The number of aryl methyl sites for hydroxylation is 1. The van der Waals surface area contributed by atoms with Crippen LogP contribution in [0.15, 0.2) is 48.5 Å². The van der Waals surface area contributed by atoms with Gasteiger partial charge in [-0.25, -0.2) is 13.1 Å². The molecule has 2 aromatic rings. The third-order valence-corrected chi connectivity index (χ3v) is 6.44. The van der Waals surface area contributed by atoms with Crippen molar-refractivity contribution in [1.82, 2.24) is 9.62 Å². The molecule has 1 amide bonds. The van der Waals surface area contributed by atoms with Crippen LogP contribution in [0, 0.1) is 12.8 Å². The Bertz CT molecular complexity index is 988. The minimum atomic E-state index is -3.24. The number of hydrogen-bond acceptors (Lipinski definition) is 3. The molecule has 3 unspecified atom stereocenters. The van der Waals surface area contributed by atoms with Crippen LogP contribution in [0.2, 0.25) is 0 Å². The van der Waals surface area contributed by atoms with Gasteiger partial charge in [0.1, 0.15) is 0 Å². The Labute approximate surface area is 166 Å². The third kappa shape index (κ3) is 4.13. The number of nitrogens with zero attached hydrogens (tertiary/aromatic N) is 1. The van der Waals surface area contributed by atoms with Crippen LogP contribution in [0.1, 0.15) is 29.9 Å². The molecule has 0 aromatic heterocycles. The summed E-state index contributed by atoms with van der Waals surface area (Å²) in [6, 6.07) is 16.6. The molecule has 2 aromatic carbocycles. The summed E-state index contributed by atoms with van der Waals surface area (Å²) in [6.07, 6.45) is 2.70. The number of nitrogens with one attached hydrogen (secondary N) is 1. The average molecular weight is 399 g/mol. The monoisotopic (exact) mass is 398 g/mol. The third-order valence-electron chi connectivity index (χ3n) is 5.68. The van der Waals surface area contributed by atoms with Crippen LogP contribution in [0.5, 0.6) is 0 Å². The quantitative estimate of drug-likeness (QED) is 0.842. The molecule has 4 rings (SSSR count). The van der Waals surface area contributed by atoms with Crippen molar-refractivity contribution in [2.24, 2.45) is 5.92 Å². The molecule has 1 aliphatic heterocycles. The molecule has 28 heavy (non-hydrogen) atoms. The van der Waals surface area contributed by atoms with E-state index in [9.17, 15) is 13.2 Å². The average Bonchev–Trinajstić information content (AvgIpc) is 3.32. The van der Waals surface area contributed by atoms with Gasteiger partial charge in [-0.05, 0) is 42.4 Å². The minimum absolute atomic E-state index is 0.00199. The molecule has 1 saturated heterocycles. The van der Waals surface area contributed by atoms with E-state index in [1.807, 2.05) is 23.1 Å². The zero-order chi connectivity index (χ0) is 19.9. The number of rotatable bonds is 5. The van der Waals surface area contributed by atoms with Gasteiger partial charge in [0.05, 0.1) is 6.26 Å². The lowest BCUT2D eigenvalue weighted by molar-refractivity contribution is -0.131. The van der Waals surface area contributed by atoms with E-state index in [4.69, 9.17) is 0 Å². The fraction of sp³-hybridized carbons (Fsp3) is 0.409. The highest BCUT2D eigenvalue weighted by atomic mass is 32.2. The maximum Gasteiger partial charge on any atom is 0.226 e. The van der Waals surface area contributed by atoms with E-state index < -0.39 is 10.0 Å². The van der Waals surface area contributed by atoms with Gasteiger partial charge in [0.2, 0.25) is 15.9 Å². The molecule has 1 aliphatic carbocycles. The molecule has 6 heteroatoms. The van der Waals surface area contributed by atoms with Gasteiger partial charge in [-0.3, -0.25) is 4.79 Å². The predicted molar refractivity (Wildman–Crippen MR) is 110 cm³/mol. The number of carbonyl (C=O) groups excluding carboxylic acids is 1. The summed E-state index contributed by atoms with van der Waals surface area (Å²) >= 11 is 0. The lowest BCUT2D eigenvalue weighted by atomic mass is 9.94. The Kier molecular flexibility index (Phi) is 5.02. The SMILES string of the molecule is Cc1ccc(C2CC2C(=O)N2CCC(NS(C)(=O)=O)C2)c(-c2ccccc2)c1. The van der Waals surface area contributed by atoms with Crippen molar-refractivity contribution in [3.8, 4) is 11.1 Å². The van der Waals surface area contributed by atoms with E-state index in [1.54, 1.807) is 0 Å². The highest BCUT2D eigenvalue weighted by Gasteiger charge is 2.47. The molecular formula is C22H26N2O3S. The molecule has 1 saturated carbocycles. The van der Waals surface area contributed by atoms with E-state index in [0.717, 1.165) is 12.7 Å². The summed E-state index contributed by atoms with van der Waals surface area (Å²) < 4.78 is 25.5. The molecule has 2 fully saturated rings. The Morgan fingerprint density at radius 1 is 1.14 bits per heavy atom. The first-order chi connectivity index (χ1) is 13.3. The normalized spacial score (nSPS) is 24.4. The molecule has 3 atom stereocenters. The second-order valence-electron chi connectivity index (χ2n) is 8.07. The maximum atomic E-state index is 13.0. The van der Waals surface area contributed by atoms with Crippen molar-refractivity contribution in [2.45, 2.75) is 31.7 Å². The van der Waals surface area contributed by atoms with Crippen molar-refractivity contribution in [2.75, 3.05) is 19.3 Å². The number of hydrogen-bond donors (Lipinski definition) is 1.